The van der Waals surface area contributed by atoms with Crippen molar-refractivity contribution in [3.63, 3.8) is 0 Å². The van der Waals surface area contributed by atoms with Gasteiger partial charge in [0.1, 0.15) is 5.84 Å². The molecule has 3 aromatic carbocycles. The van der Waals surface area contributed by atoms with Gasteiger partial charge in [0, 0.05) is 66.3 Å². The van der Waals surface area contributed by atoms with Crippen molar-refractivity contribution in [2.24, 2.45) is 5.14 Å². The van der Waals surface area contributed by atoms with Crippen LogP contribution in [0.3, 0.4) is 0 Å². The van der Waals surface area contributed by atoms with Gasteiger partial charge in [-0.05, 0) is 61.5 Å². The van der Waals surface area contributed by atoms with Crippen molar-refractivity contribution in [1.82, 2.24) is 13.8 Å². The Hall–Kier alpha value is -4.24. The Morgan fingerprint density at radius 2 is 1.50 bits per heavy atom. The molecule has 5 rings (SSSR count). The van der Waals surface area contributed by atoms with Crippen LogP contribution in [-0.4, -0.2) is 75.2 Å². The molecular weight excluding hydrogens is 603 g/mol. The zero-order valence-electron chi connectivity index (χ0n) is 24.2. The molecule has 2 amide bonds. The zero-order chi connectivity index (χ0) is 31.5. The summed E-state index contributed by atoms with van der Waals surface area (Å²) in [6.45, 7) is 6.68. The smallest absolute Gasteiger partial charge is 0.323 e. The molecule has 4 aromatic rings. The molecule has 2 heterocycles. The standard InChI is InChI=1S/C30H35N7O5S2/c1-2-3-13-35-14-16-36(17-15-35)29(31)22-5-4-6-26(18-22)34-30(38)33-25-8-11-27(12-9-25)44(41,42)37-20-23-7-10-28(43(32,39)40)19-24(23)21-37/h4-12,18-21,31H,2-3,13-17H2,1H3,(H2,32,39,40)(H2,33,34,38). The van der Waals surface area contributed by atoms with Gasteiger partial charge in [-0.2, -0.15) is 0 Å². The molecule has 0 spiro atoms. The maximum absolute atomic E-state index is 13.2. The minimum atomic E-state index is -3.99. The molecule has 0 saturated carbocycles. The van der Waals surface area contributed by atoms with Gasteiger partial charge in [-0.15, -0.1) is 0 Å². The second-order valence-electron chi connectivity index (χ2n) is 10.6. The first-order valence-electron chi connectivity index (χ1n) is 14.2. The molecule has 1 fully saturated rings. The first kappa shape index (κ1) is 31.2. The highest BCUT2D eigenvalue weighted by atomic mass is 32.2. The largest absolute Gasteiger partial charge is 0.354 e. The molecule has 232 valence electrons. The maximum atomic E-state index is 13.2. The Bertz CT molecular complexity index is 1900. The normalized spacial score (nSPS) is 14.5. The number of nitrogens with one attached hydrogen (secondary N) is 3. The number of carbonyl (C=O) groups is 1. The number of benzene rings is 3. The van der Waals surface area contributed by atoms with Crippen LogP contribution in [0.25, 0.3) is 10.8 Å². The van der Waals surface area contributed by atoms with Crippen molar-refractivity contribution in [1.29, 1.82) is 5.41 Å². The number of aromatic nitrogens is 1. The van der Waals surface area contributed by atoms with Crippen LogP contribution in [0.5, 0.6) is 0 Å². The number of rotatable bonds is 9. The Labute approximate surface area is 257 Å². The van der Waals surface area contributed by atoms with Crippen LogP contribution in [0.2, 0.25) is 0 Å². The minimum Gasteiger partial charge on any atom is -0.354 e. The van der Waals surface area contributed by atoms with Crippen molar-refractivity contribution < 1.29 is 21.6 Å². The molecule has 0 aliphatic carbocycles. The van der Waals surface area contributed by atoms with Gasteiger partial charge in [0.25, 0.3) is 10.0 Å². The third kappa shape index (κ3) is 7.10. The summed E-state index contributed by atoms with van der Waals surface area (Å²) in [5.74, 6) is 0.418. The molecule has 0 bridgehead atoms. The summed E-state index contributed by atoms with van der Waals surface area (Å²) < 4.78 is 50.8. The second-order valence-corrected chi connectivity index (χ2v) is 14.0. The molecular formula is C30H35N7O5S2. The highest BCUT2D eigenvalue weighted by Gasteiger charge is 2.21. The molecule has 0 radical (unpaired) electrons. The number of unbranched alkanes of at least 4 members (excludes halogenated alkanes) is 1. The number of primary sulfonamides is 1. The van der Waals surface area contributed by atoms with E-state index in [-0.39, 0.29) is 9.79 Å². The summed E-state index contributed by atoms with van der Waals surface area (Å²) in [6.07, 6.45) is 5.05. The average molecular weight is 638 g/mol. The summed E-state index contributed by atoms with van der Waals surface area (Å²) >= 11 is 0. The summed E-state index contributed by atoms with van der Waals surface area (Å²) in [6, 6.07) is 16.4. The summed E-state index contributed by atoms with van der Waals surface area (Å²) in [5.41, 5.74) is 1.61. The number of nitrogens with zero attached hydrogens (tertiary/aromatic N) is 3. The van der Waals surface area contributed by atoms with Crippen molar-refractivity contribution in [3.05, 3.63) is 84.7 Å². The SMILES string of the molecule is CCCCN1CCN(C(=N)c2cccc(NC(=O)Nc3ccc(S(=O)(=O)n4cc5ccc(S(N)(=O)=O)cc5c4)cc3)c2)CC1. The predicted octanol–water partition coefficient (Wildman–Crippen LogP) is 3.91. The van der Waals surface area contributed by atoms with Crippen molar-refractivity contribution >= 4 is 54.1 Å². The van der Waals surface area contributed by atoms with E-state index < -0.39 is 26.1 Å². The molecule has 5 N–H and O–H groups in total. The zero-order valence-corrected chi connectivity index (χ0v) is 25.9. The van der Waals surface area contributed by atoms with Gasteiger partial charge in [0.15, 0.2) is 0 Å². The number of anilines is 2. The fourth-order valence-electron chi connectivity index (χ4n) is 5.04. The molecule has 1 aliphatic heterocycles. The maximum Gasteiger partial charge on any atom is 0.323 e. The number of amides is 2. The van der Waals surface area contributed by atoms with E-state index in [0.717, 1.165) is 43.1 Å². The van der Waals surface area contributed by atoms with E-state index in [2.05, 4.69) is 27.4 Å². The number of piperazine rings is 1. The summed E-state index contributed by atoms with van der Waals surface area (Å²) in [5, 5.41) is 20.3. The number of amidine groups is 1. The van der Waals surface area contributed by atoms with Crippen molar-refractivity contribution in [3.8, 4) is 0 Å². The van der Waals surface area contributed by atoms with Crippen LogP contribution in [0.1, 0.15) is 25.3 Å². The van der Waals surface area contributed by atoms with Crippen molar-refractivity contribution in [2.45, 2.75) is 29.6 Å². The van der Waals surface area contributed by atoms with Gasteiger partial charge < -0.3 is 15.5 Å². The van der Waals surface area contributed by atoms with Gasteiger partial charge in [-0.3, -0.25) is 10.3 Å². The third-order valence-electron chi connectivity index (χ3n) is 7.52. The topological polar surface area (TPSA) is 171 Å². The Balaban J connectivity index is 1.20. The highest BCUT2D eigenvalue weighted by Crippen LogP contribution is 2.24. The van der Waals surface area contributed by atoms with E-state index in [1.54, 1.807) is 18.2 Å². The third-order valence-corrected chi connectivity index (χ3v) is 10.1. The van der Waals surface area contributed by atoms with Crippen LogP contribution >= 0.6 is 0 Å². The number of carbonyl (C=O) groups excluding carboxylic acids is 1. The highest BCUT2D eigenvalue weighted by molar-refractivity contribution is 7.90. The lowest BCUT2D eigenvalue weighted by molar-refractivity contribution is 0.180. The lowest BCUT2D eigenvalue weighted by atomic mass is 10.1. The number of hydrogen-bond donors (Lipinski definition) is 4. The van der Waals surface area contributed by atoms with Gasteiger partial charge in [-0.1, -0.05) is 31.5 Å². The number of urea groups is 1. The summed E-state index contributed by atoms with van der Waals surface area (Å²) in [4.78, 5) is 17.1. The monoisotopic (exact) mass is 637 g/mol. The lowest BCUT2D eigenvalue weighted by Gasteiger charge is -2.36. The fourth-order valence-corrected chi connectivity index (χ4v) is 6.82. The van der Waals surface area contributed by atoms with Crippen LogP contribution in [0, 0.1) is 5.41 Å². The average Bonchev–Trinajstić information content (AvgIpc) is 3.45. The minimum absolute atomic E-state index is 0.0205. The number of fused-ring (bicyclic) bond motifs is 1. The van der Waals surface area contributed by atoms with E-state index in [9.17, 15) is 21.6 Å². The fraction of sp³-hybridized carbons (Fsp3) is 0.267. The molecule has 12 nitrogen and oxygen atoms in total. The Morgan fingerprint density at radius 1 is 0.841 bits per heavy atom. The van der Waals surface area contributed by atoms with Crippen LogP contribution in [0.4, 0.5) is 16.2 Å². The first-order chi connectivity index (χ1) is 20.9. The van der Waals surface area contributed by atoms with E-state index in [4.69, 9.17) is 10.5 Å². The number of hydrogen-bond acceptors (Lipinski definition) is 7. The molecule has 44 heavy (non-hydrogen) atoms. The van der Waals surface area contributed by atoms with E-state index in [0.29, 0.717) is 33.5 Å². The Morgan fingerprint density at radius 3 is 2.18 bits per heavy atom. The molecule has 1 saturated heterocycles. The van der Waals surface area contributed by atoms with Crippen LogP contribution in [0.15, 0.2) is 88.9 Å². The Kier molecular flexibility index (Phi) is 9.06. The molecule has 0 atom stereocenters. The van der Waals surface area contributed by atoms with Gasteiger partial charge >= 0.3 is 6.03 Å². The predicted molar refractivity (Wildman–Crippen MR) is 171 cm³/mol. The molecule has 0 unspecified atom stereocenters. The van der Waals surface area contributed by atoms with Gasteiger partial charge in [0.2, 0.25) is 10.0 Å². The van der Waals surface area contributed by atoms with Crippen molar-refractivity contribution in [2.75, 3.05) is 43.4 Å². The van der Waals surface area contributed by atoms with Crippen LogP contribution < -0.4 is 15.8 Å². The lowest BCUT2D eigenvalue weighted by Crippen LogP contribution is -2.48. The second kappa shape index (κ2) is 12.8. The van der Waals surface area contributed by atoms with E-state index in [1.165, 1.54) is 61.3 Å². The summed E-state index contributed by atoms with van der Waals surface area (Å²) in [7, 11) is -7.93. The first-order valence-corrected chi connectivity index (χ1v) is 17.2. The number of sulfonamides is 1. The van der Waals surface area contributed by atoms with E-state index >= 15 is 0 Å². The van der Waals surface area contributed by atoms with Gasteiger partial charge in [-0.25, -0.2) is 30.7 Å². The number of nitrogens with two attached hydrogens (primary N) is 1. The molecule has 1 aliphatic rings. The molecule has 14 heteroatoms. The quantitative estimate of drug-likeness (QED) is 0.159. The molecule has 1 aromatic heterocycles. The van der Waals surface area contributed by atoms with Gasteiger partial charge in [0.05, 0.1) is 9.79 Å². The van der Waals surface area contributed by atoms with Crippen LogP contribution in [-0.2, 0) is 20.0 Å². The van der Waals surface area contributed by atoms with E-state index in [1.807, 2.05) is 6.07 Å².